The number of ether oxygens (including phenoxy) is 1. The number of hydrogen-bond donors (Lipinski definition) is 0. The molecule has 0 aromatic rings. The fraction of sp³-hybridized carbons (Fsp3) is 0.769. The summed E-state index contributed by atoms with van der Waals surface area (Å²) in [6, 6.07) is 0. The van der Waals surface area contributed by atoms with Crippen LogP contribution in [0.15, 0.2) is 11.6 Å². The molecule has 0 unspecified atom stereocenters. The molecular formula is C13H22O2. The van der Waals surface area contributed by atoms with Gasteiger partial charge in [-0.25, -0.2) is 0 Å². The molecule has 0 aliphatic heterocycles. The van der Waals surface area contributed by atoms with E-state index in [2.05, 4.69) is 13.0 Å². The van der Waals surface area contributed by atoms with E-state index in [9.17, 15) is 4.79 Å². The van der Waals surface area contributed by atoms with Crippen molar-refractivity contribution in [3.8, 4) is 0 Å². The molecule has 1 rings (SSSR count). The number of carbonyl (C=O) groups is 1. The largest absolute Gasteiger partial charge is 0.468 e. The van der Waals surface area contributed by atoms with Gasteiger partial charge in [-0.05, 0) is 25.2 Å². The molecule has 0 aromatic carbocycles. The van der Waals surface area contributed by atoms with Crippen LogP contribution in [0, 0.1) is 5.92 Å². The van der Waals surface area contributed by atoms with Crippen molar-refractivity contribution >= 4 is 6.47 Å². The molecule has 0 radical (unpaired) electrons. The molecule has 1 saturated carbocycles. The summed E-state index contributed by atoms with van der Waals surface area (Å²) in [5, 5.41) is 0. The van der Waals surface area contributed by atoms with Gasteiger partial charge in [-0.1, -0.05) is 37.8 Å². The van der Waals surface area contributed by atoms with Gasteiger partial charge in [0.25, 0.3) is 6.47 Å². The number of rotatable bonds is 6. The lowest BCUT2D eigenvalue weighted by Gasteiger charge is -2.24. The van der Waals surface area contributed by atoms with Crippen LogP contribution < -0.4 is 0 Å². The van der Waals surface area contributed by atoms with Crippen LogP contribution in [0.5, 0.6) is 0 Å². The SMILES string of the molecule is CC/C=C(\CCOC=O)C1CCCCC1. The van der Waals surface area contributed by atoms with E-state index in [1.54, 1.807) is 0 Å². The Bertz CT molecular complexity index is 203. The molecule has 0 aromatic heterocycles. The Morgan fingerprint density at radius 3 is 2.67 bits per heavy atom. The Labute approximate surface area is 92.7 Å². The number of carbonyl (C=O) groups excluding carboxylic acids is 1. The maximum absolute atomic E-state index is 10.1. The first kappa shape index (κ1) is 12.3. The molecule has 15 heavy (non-hydrogen) atoms. The monoisotopic (exact) mass is 210 g/mol. The third-order valence-electron chi connectivity index (χ3n) is 3.17. The van der Waals surface area contributed by atoms with Gasteiger partial charge in [0.15, 0.2) is 0 Å². The molecule has 0 amide bonds. The predicted molar refractivity (Wildman–Crippen MR) is 61.6 cm³/mol. The van der Waals surface area contributed by atoms with Crippen LogP contribution in [0.3, 0.4) is 0 Å². The summed E-state index contributed by atoms with van der Waals surface area (Å²) in [4.78, 5) is 10.1. The van der Waals surface area contributed by atoms with E-state index in [1.807, 2.05) is 0 Å². The van der Waals surface area contributed by atoms with E-state index in [0.717, 1.165) is 18.8 Å². The van der Waals surface area contributed by atoms with Crippen molar-refractivity contribution in [3.05, 3.63) is 11.6 Å². The van der Waals surface area contributed by atoms with Crippen molar-refractivity contribution < 1.29 is 9.53 Å². The van der Waals surface area contributed by atoms with Crippen molar-refractivity contribution in [3.63, 3.8) is 0 Å². The number of hydrogen-bond acceptors (Lipinski definition) is 2. The highest BCUT2D eigenvalue weighted by atomic mass is 16.5. The maximum atomic E-state index is 10.1. The van der Waals surface area contributed by atoms with Crippen LogP contribution >= 0.6 is 0 Å². The smallest absolute Gasteiger partial charge is 0.293 e. The zero-order chi connectivity index (χ0) is 10.9. The Morgan fingerprint density at radius 1 is 1.33 bits per heavy atom. The highest BCUT2D eigenvalue weighted by molar-refractivity contribution is 5.36. The quantitative estimate of drug-likeness (QED) is 0.381. The van der Waals surface area contributed by atoms with Crippen LogP contribution in [0.25, 0.3) is 0 Å². The summed E-state index contributed by atoms with van der Waals surface area (Å²) in [6.45, 7) is 3.26. The second-order valence-corrected chi connectivity index (χ2v) is 4.24. The molecule has 1 aliphatic rings. The first-order chi connectivity index (χ1) is 7.38. The van der Waals surface area contributed by atoms with Gasteiger partial charge >= 0.3 is 0 Å². The molecule has 0 N–H and O–H groups in total. The highest BCUT2D eigenvalue weighted by Gasteiger charge is 2.17. The zero-order valence-electron chi connectivity index (χ0n) is 9.71. The lowest BCUT2D eigenvalue weighted by molar-refractivity contribution is -0.128. The van der Waals surface area contributed by atoms with Crippen molar-refractivity contribution in [1.82, 2.24) is 0 Å². The van der Waals surface area contributed by atoms with Gasteiger partial charge in [-0.3, -0.25) is 4.79 Å². The van der Waals surface area contributed by atoms with Crippen LogP contribution in [-0.4, -0.2) is 13.1 Å². The van der Waals surface area contributed by atoms with E-state index in [1.165, 1.54) is 37.7 Å². The molecule has 0 heterocycles. The molecule has 0 atom stereocenters. The van der Waals surface area contributed by atoms with Crippen molar-refractivity contribution in [2.45, 2.75) is 51.9 Å². The average molecular weight is 210 g/mol. The van der Waals surface area contributed by atoms with E-state index >= 15 is 0 Å². The third kappa shape index (κ3) is 4.50. The van der Waals surface area contributed by atoms with Gasteiger partial charge in [0.2, 0.25) is 0 Å². The van der Waals surface area contributed by atoms with E-state index in [0.29, 0.717) is 13.1 Å². The van der Waals surface area contributed by atoms with Gasteiger partial charge in [-0.15, -0.1) is 0 Å². The van der Waals surface area contributed by atoms with Gasteiger partial charge < -0.3 is 4.74 Å². The molecule has 0 spiro atoms. The Balaban J connectivity index is 2.41. The molecule has 0 bridgehead atoms. The maximum Gasteiger partial charge on any atom is 0.293 e. The van der Waals surface area contributed by atoms with Crippen molar-refractivity contribution in [2.75, 3.05) is 6.61 Å². The Kier molecular flexibility index (Phi) is 6.14. The molecule has 2 nitrogen and oxygen atoms in total. The van der Waals surface area contributed by atoms with Crippen LogP contribution in [0.1, 0.15) is 51.9 Å². The summed E-state index contributed by atoms with van der Waals surface area (Å²) in [5.41, 5.74) is 1.51. The van der Waals surface area contributed by atoms with Crippen LogP contribution in [0.2, 0.25) is 0 Å². The second-order valence-electron chi connectivity index (χ2n) is 4.24. The summed E-state index contributed by atoms with van der Waals surface area (Å²) in [7, 11) is 0. The zero-order valence-corrected chi connectivity index (χ0v) is 9.71. The van der Waals surface area contributed by atoms with Gasteiger partial charge in [0.05, 0.1) is 6.61 Å². The van der Waals surface area contributed by atoms with E-state index in [-0.39, 0.29) is 0 Å². The van der Waals surface area contributed by atoms with Crippen molar-refractivity contribution in [1.29, 1.82) is 0 Å². The van der Waals surface area contributed by atoms with Crippen molar-refractivity contribution in [2.24, 2.45) is 5.92 Å². The van der Waals surface area contributed by atoms with Crippen LogP contribution in [-0.2, 0) is 9.53 Å². The first-order valence-electron chi connectivity index (χ1n) is 6.12. The Morgan fingerprint density at radius 2 is 2.07 bits per heavy atom. The predicted octanol–water partition coefficient (Wildman–Crippen LogP) is 3.47. The van der Waals surface area contributed by atoms with Gasteiger partial charge in [0, 0.05) is 6.42 Å². The second kappa shape index (κ2) is 7.49. The highest BCUT2D eigenvalue weighted by Crippen LogP contribution is 2.31. The summed E-state index contributed by atoms with van der Waals surface area (Å²) in [5.74, 6) is 0.758. The standard InChI is InChI=1S/C13H22O2/c1-2-6-12(9-10-15-11-14)13-7-4-3-5-8-13/h6,11,13H,2-5,7-10H2,1H3/b12-6+. The number of allylic oxidation sites excluding steroid dienone is 1. The fourth-order valence-electron chi connectivity index (χ4n) is 2.43. The molecule has 1 aliphatic carbocycles. The van der Waals surface area contributed by atoms with E-state index in [4.69, 9.17) is 4.74 Å². The normalized spacial score (nSPS) is 18.9. The summed E-state index contributed by atoms with van der Waals surface area (Å²) >= 11 is 0. The molecule has 86 valence electrons. The first-order valence-corrected chi connectivity index (χ1v) is 6.12. The van der Waals surface area contributed by atoms with Crippen LogP contribution in [0.4, 0.5) is 0 Å². The minimum absolute atomic E-state index is 0.546. The van der Waals surface area contributed by atoms with E-state index < -0.39 is 0 Å². The molecular weight excluding hydrogens is 188 g/mol. The molecule has 0 saturated heterocycles. The molecule has 1 fully saturated rings. The summed E-state index contributed by atoms with van der Waals surface area (Å²) < 4.78 is 4.78. The average Bonchev–Trinajstić information content (AvgIpc) is 2.29. The lowest BCUT2D eigenvalue weighted by atomic mass is 9.82. The summed E-state index contributed by atoms with van der Waals surface area (Å²) in [6.07, 6.45) is 11.1. The van der Waals surface area contributed by atoms with Gasteiger partial charge in [0.1, 0.15) is 0 Å². The minimum Gasteiger partial charge on any atom is -0.468 e. The topological polar surface area (TPSA) is 26.3 Å². The fourth-order valence-corrected chi connectivity index (χ4v) is 2.43. The lowest BCUT2D eigenvalue weighted by Crippen LogP contribution is -2.11. The van der Waals surface area contributed by atoms with Gasteiger partial charge in [-0.2, -0.15) is 0 Å². The molecule has 2 heteroatoms. The minimum atomic E-state index is 0.546. The Hall–Kier alpha value is -0.790. The third-order valence-corrected chi connectivity index (χ3v) is 3.17.